The van der Waals surface area contributed by atoms with E-state index in [4.69, 9.17) is 37.1 Å². The number of anilines is 1. The zero-order valence-corrected chi connectivity index (χ0v) is 25.2. The standard InChI is InChI=1S/C23H17ClF2N6OS.2C2HF3O2/c24-21-18-17(11-1-2-14(25)20-16(11)13(8-27)22(28)34-20)15(26)7-12-19(18)32(30-21)5-3-10-9-29-4-6-31(10)23(12)33;2*3-2(4,5)1(6)7/h1-2,7,10,29H,3-6,9,28H2;2*(H,6,7)/t10-;;/m1../s1. The third-order valence-electron chi connectivity index (χ3n) is 7.12. The maximum Gasteiger partial charge on any atom is 0.490 e. The van der Waals surface area contributed by atoms with Gasteiger partial charge < -0.3 is 26.2 Å². The highest BCUT2D eigenvalue weighted by molar-refractivity contribution is 7.23. The number of aliphatic carboxylic acids is 2. The first-order chi connectivity index (χ1) is 22.3. The lowest BCUT2D eigenvalue weighted by Gasteiger charge is -2.37. The summed E-state index contributed by atoms with van der Waals surface area (Å²) in [5.74, 6) is -7.05. The first kappa shape index (κ1) is 36.1. The van der Waals surface area contributed by atoms with Gasteiger partial charge >= 0.3 is 24.3 Å². The maximum absolute atomic E-state index is 15.9. The second-order valence-corrected chi connectivity index (χ2v) is 11.4. The molecule has 5 N–H and O–H groups in total. The molecule has 0 unspecified atom stereocenters. The number of thiophene rings is 1. The van der Waals surface area contributed by atoms with Crippen molar-refractivity contribution in [1.82, 2.24) is 20.0 Å². The summed E-state index contributed by atoms with van der Waals surface area (Å²) >= 11 is 7.49. The van der Waals surface area contributed by atoms with E-state index in [2.05, 4.69) is 10.4 Å². The normalized spacial score (nSPS) is 16.1. The lowest BCUT2D eigenvalue weighted by Crippen LogP contribution is -2.54. The predicted octanol–water partition coefficient (Wildman–Crippen LogP) is 5.39. The van der Waals surface area contributed by atoms with Gasteiger partial charge in [0.25, 0.3) is 5.91 Å². The first-order valence-electron chi connectivity index (χ1n) is 13.2. The molecule has 2 aliphatic rings. The summed E-state index contributed by atoms with van der Waals surface area (Å²) < 4.78 is 95.8. The summed E-state index contributed by atoms with van der Waals surface area (Å²) in [4.78, 5) is 33.1. The molecule has 2 aliphatic heterocycles. The number of nitrogens with zero attached hydrogens (tertiary/aromatic N) is 4. The Balaban J connectivity index is 0.000000314. The molecule has 0 spiro atoms. The topological polar surface area (TPSA) is 175 Å². The Morgan fingerprint density at radius 3 is 2.21 bits per heavy atom. The molecular formula is C27H19ClF8N6O5S. The van der Waals surface area contributed by atoms with Crippen LogP contribution in [0.1, 0.15) is 22.3 Å². The van der Waals surface area contributed by atoms with Gasteiger partial charge in [0.15, 0.2) is 5.15 Å². The lowest BCUT2D eigenvalue weighted by atomic mass is 9.93. The van der Waals surface area contributed by atoms with Gasteiger partial charge in [0.2, 0.25) is 0 Å². The minimum absolute atomic E-state index is 0.0288. The Hall–Kier alpha value is -4.74. The number of nitrogen functional groups attached to an aromatic ring is 1. The van der Waals surface area contributed by atoms with E-state index >= 15 is 4.39 Å². The van der Waals surface area contributed by atoms with E-state index in [1.54, 1.807) is 9.58 Å². The summed E-state index contributed by atoms with van der Waals surface area (Å²) in [6, 6.07) is 5.81. The highest BCUT2D eigenvalue weighted by atomic mass is 35.5. The second-order valence-electron chi connectivity index (χ2n) is 10.0. The molecule has 1 saturated heterocycles. The van der Waals surface area contributed by atoms with Crippen molar-refractivity contribution < 1.29 is 59.7 Å². The van der Waals surface area contributed by atoms with Gasteiger partial charge in [-0.15, -0.1) is 11.3 Å². The Labute approximate surface area is 271 Å². The van der Waals surface area contributed by atoms with Crippen LogP contribution in [-0.4, -0.2) is 80.8 Å². The number of carbonyl (C=O) groups is 3. The molecule has 0 bridgehead atoms. The average molecular weight is 727 g/mol. The van der Waals surface area contributed by atoms with Crippen molar-refractivity contribution in [1.29, 1.82) is 5.26 Å². The van der Waals surface area contributed by atoms with E-state index in [-0.39, 0.29) is 59.8 Å². The number of nitriles is 1. The van der Waals surface area contributed by atoms with Gasteiger partial charge in [-0.3, -0.25) is 9.48 Å². The number of nitrogens with two attached hydrogens (primary N) is 1. The number of halogens is 9. The minimum Gasteiger partial charge on any atom is -0.475 e. The highest BCUT2D eigenvalue weighted by Crippen LogP contribution is 2.46. The van der Waals surface area contributed by atoms with Gasteiger partial charge in [-0.2, -0.15) is 36.7 Å². The molecule has 4 heterocycles. The quantitative estimate of drug-likeness (QED) is 0.188. The molecule has 2 aromatic heterocycles. The van der Waals surface area contributed by atoms with Gasteiger partial charge in [-0.1, -0.05) is 17.7 Å². The Morgan fingerprint density at radius 1 is 1.04 bits per heavy atom. The highest BCUT2D eigenvalue weighted by Gasteiger charge is 2.39. The molecule has 0 radical (unpaired) electrons. The monoisotopic (exact) mass is 726 g/mol. The Morgan fingerprint density at radius 2 is 1.65 bits per heavy atom. The third-order valence-corrected chi connectivity index (χ3v) is 8.42. The second kappa shape index (κ2) is 13.4. The largest absolute Gasteiger partial charge is 0.490 e. The van der Waals surface area contributed by atoms with Gasteiger partial charge in [-0.05, 0) is 24.1 Å². The summed E-state index contributed by atoms with van der Waals surface area (Å²) in [6.07, 6.45) is -9.50. The van der Waals surface area contributed by atoms with Gasteiger partial charge in [0.1, 0.15) is 22.7 Å². The van der Waals surface area contributed by atoms with Crippen LogP contribution in [0.25, 0.3) is 32.1 Å². The number of nitrogens with one attached hydrogen (secondary N) is 1. The number of carboxylic acids is 2. The smallest absolute Gasteiger partial charge is 0.475 e. The number of carboxylic acid groups (broad SMARTS) is 2. The van der Waals surface area contributed by atoms with Crippen molar-refractivity contribution in [3.63, 3.8) is 0 Å². The van der Waals surface area contributed by atoms with Crippen LogP contribution in [0.3, 0.4) is 0 Å². The number of amides is 1. The predicted molar refractivity (Wildman–Crippen MR) is 154 cm³/mol. The fraction of sp³-hybridized carbons (Fsp3) is 0.296. The number of hydrogen-bond acceptors (Lipinski definition) is 8. The molecule has 1 atom stereocenters. The third kappa shape index (κ3) is 6.93. The number of carbonyl (C=O) groups excluding carboxylic acids is 1. The van der Waals surface area contributed by atoms with Crippen molar-refractivity contribution in [2.45, 2.75) is 31.4 Å². The van der Waals surface area contributed by atoms with Crippen LogP contribution < -0.4 is 11.1 Å². The summed E-state index contributed by atoms with van der Waals surface area (Å²) in [6.45, 7) is 2.33. The number of aryl methyl sites for hydroxylation is 1. The van der Waals surface area contributed by atoms with E-state index in [9.17, 15) is 40.8 Å². The fourth-order valence-corrected chi connectivity index (χ4v) is 6.35. The number of rotatable bonds is 1. The number of piperazine rings is 1. The van der Waals surface area contributed by atoms with Crippen LogP contribution in [0.5, 0.6) is 0 Å². The summed E-state index contributed by atoms with van der Waals surface area (Å²) in [5, 5.41) is 32.3. The minimum atomic E-state index is -5.08. The Kier molecular flexibility index (Phi) is 10.1. The molecule has 1 amide bonds. The average Bonchev–Trinajstić information content (AvgIpc) is 3.51. The molecule has 11 nitrogen and oxygen atoms in total. The molecule has 4 aromatic rings. The van der Waals surface area contributed by atoms with Crippen LogP contribution in [0.15, 0.2) is 18.2 Å². The number of benzene rings is 2. The molecule has 256 valence electrons. The maximum atomic E-state index is 15.9. The van der Waals surface area contributed by atoms with Crippen LogP contribution in [-0.2, 0) is 16.1 Å². The SMILES string of the molecule is N#Cc1c(N)sc2c(F)ccc(-c3c(F)cc4c5c3c(Cl)nn5CC[C@@H]3CNCCN3C4=O)c12.O=C(O)C(F)(F)F.O=C(O)C(F)(F)F. The summed E-state index contributed by atoms with van der Waals surface area (Å²) in [5.41, 5.74) is 7.02. The zero-order chi connectivity index (χ0) is 35.9. The molecule has 2 aromatic carbocycles. The molecule has 1 fully saturated rings. The van der Waals surface area contributed by atoms with Crippen LogP contribution >= 0.6 is 22.9 Å². The molecule has 0 aliphatic carbocycles. The lowest BCUT2D eigenvalue weighted by molar-refractivity contribution is -0.193. The number of aromatic nitrogens is 2. The first-order valence-corrected chi connectivity index (χ1v) is 14.4. The van der Waals surface area contributed by atoms with E-state index in [1.165, 1.54) is 18.2 Å². The molecule has 6 rings (SSSR count). The van der Waals surface area contributed by atoms with Crippen molar-refractivity contribution in [2.24, 2.45) is 0 Å². The molecule has 48 heavy (non-hydrogen) atoms. The molecule has 21 heteroatoms. The van der Waals surface area contributed by atoms with E-state index in [0.29, 0.717) is 38.1 Å². The van der Waals surface area contributed by atoms with Crippen molar-refractivity contribution in [3.8, 4) is 17.2 Å². The van der Waals surface area contributed by atoms with Gasteiger partial charge in [-0.25, -0.2) is 18.4 Å². The van der Waals surface area contributed by atoms with Crippen molar-refractivity contribution >= 4 is 66.8 Å². The zero-order valence-electron chi connectivity index (χ0n) is 23.6. The fourth-order valence-electron chi connectivity index (χ4n) is 5.12. The van der Waals surface area contributed by atoms with Gasteiger partial charge in [0.05, 0.1) is 26.7 Å². The number of alkyl halides is 6. The number of hydrogen-bond donors (Lipinski definition) is 4. The van der Waals surface area contributed by atoms with Crippen LogP contribution in [0.4, 0.5) is 40.1 Å². The van der Waals surface area contributed by atoms with Crippen LogP contribution in [0, 0.1) is 23.0 Å². The van der Waals surface area contributed by atoms with E-state index in [0.717, 1.165) is 11.3 Å². The van der Waals surface area contributed by atoms with E-state index in [1.807, 2.05) is 6.07 Å². The molecular weight excluding hydrogens is 708 g/mol. The van der Waals surface area contributed by atoms with Gasteiger partial charge in [0, 0.05) is 43.2 Å². The molecule has 0 saturated carbocycles. The number of fused-ring (bicyclic) bond motifs is 2. The van der Waals surface area contributed by atoms with Crippen molar-refractivity contribution in [2.75, 3.05) is 25.4 Å². The Bertz CT molecular complexity index is 1960. The van der Waals surface area contributed by atoms with E-state index < -0.39 is 35.9 Å². The van der Waals surface area contributed by atoms with Crippen molar-refractivity contribution in [3.05, 3.63) is 46.1 Å². The van der Waals surface area contributed by atoms with Crippen LogP contribution in [0.2, 0.25) is 5.15 Å². The summed E-state index contributed by atoms with van der Waals surface area (Å²) in [7, 11) is 0.